The molecule has 0 spiro atoms. The molecule has 0 radical (unpaired) electrons. The van der Waals surface area contributed by atoms with Gasteiger partial charge in [0.25, 0.3) is 0 Å². The Hall–Kier alpha value is -0.900. The second kappa shape index (κ2) is 3.35. The number of hydrogen-bond donors (Lipinski definition) is 1. The van der Waals surface area contributed by atoms with Gasteiger partial charge in [0.15, 0.2) is 0 Å². The number of rotatable bonds is 1. The van der Waals surface area contributed by atoms with Crippen LogP contribution in [-0.2, 0) is 0 Å². The van der Waals surface area contributed by atoms with E-state index < -0.39 is 0 Å². The standard InChI is InChI=1S/C10H18N4/c1-10(2)4-3-8(11)9(5-10)14-7-12-6-13-14/h6-9H,3-5,11H2,1-2H3. The predicted octanol–water partition coefficient (Wildman–Crippen LogP) is 1.36. The highest BCUT2D eigenvalue weighted by molar-refractivity contribution is 4.90. The highest BCUT2D eigenvalue weighted by atomic mass is 15.3. The fourth-order valence-corrected chi connectivity index (χ4v) is 2.25. The Bertz CT molecular complexity index is 291. The summed E-state index contributed by atoms with van der Waals surface area (Å²) >= 11 is 0. The van der Waals surface area contributed by atoms with Crippen LogP contribution in [0.3, 0.4) is 0 Å². The summed E-state index contributed by atoms with van der Waals surface area (Å²) in [5, 5.41) is 4.18. The minimum Gasteiger partial charge on any atom is -0.326 e. The van der Waals surface area contributed by atoms with Gasteiger partial charge in [0, 0.05) is 6.04 Å². The first-order chi connectivity index (χ1) is 6.58. The Morgan fingerprint density at radius 1 is 1.50 bits per heavy atom. The highest BCUT2D eigenvalue weighted by Gasteiger charge is 2.34. The molecule has 1 aliphatic rings. The first-order valence-electron chi connectivity index (χ1n) is 5.18. The number of hydrogen-bond acceptors (Lipinski definition) is 3. The maximum Gasteiger partial charge on any atom is 0.137 e. The van der Waals surface area contributed by atoms with Gasteiger partial charge in [0.05, 0.1) is 6.04 Å². The van der Waals surface area contributed by atoms with Crippen LogP contribution < -0.4 is 5.73 Å². The molecule has 2 unspecified atom stereocenters. The first kappa shape index (κ1) is 9.65. The van der Waals surface area contributed by atoms with Gasteiger partial charge in [-0.15, -0.1) is 0 Å². The maximum atomic E-state index is 6.10. The van der Waals surface area contributed by atoms with Crippen LogP contribution in [-0.4, -0.2) is 20.8 Å². The Morgan fingerprint density at radius 3 is 2.93 bits per heavy atom. The fourth-order valence-electron chi connectivity index (χ4n) is 2.25. The van der Waals surface area contributed by atoms with Gasteiger partial charge in [-0.3, -0.25) is 0 Å². The van der Waals surface area contributed by atoms with Crippen molar-refractivity contribution in [1.29, 1.82) is 0 Å². The average molecular weight is 194 g/mol. The summed E-state index contributed by atoms with van der Waals surface area (Å²) < 4.78 is 1.91. The predicted molar refractivity (Wildman–Crippen MR) is 54.7 cm³/mol. The van der Waals surface area contributed by atoms with Crippen molar-refractivity contribution in [3.8, 4) is 0 Å². The molecule has 0 saturated heterocycles. The molecule has 0 amide bonds. The molecular weight excluding hydrogens is 176 g/mol. The number of nitrogens with two attached hydrogens (primary N) is 1. The molecule has 4 heteroatoms. The smallest absolute Gasteiger partial charge is 0.137 e. The molecule has 1 fully saturated rings. The van der Waals surface area contributed by atoms with Crippen molar-refractivity contribution in [2.75, 3.05) is 0 Å². The third-order valence-corrected chi connectivity index (χ3v) is 3.19. The molecule has 14 heavy (non-hydrogen) atoms. The highest BCUT2D eigenvalue weighted by Crippen LogP contribution is 2.39. The summed E-state index contributed by atoms with van der Waals surface area (Å²) in [7, 11) is 0. The van der Waals surface area contributed by atoms with Gasteiger partial charge < -0.3 is 5.73 Å². The van der Waals surface area contributed by atoms with Gasteiger partial charge in [-0.2, -0.15) is 5.10 Å². The van der Waals surface area contributed by atoms with Gasteiger partial charge in [0.1, 0.15) is 12.7 Å². The lowest BCUT2D eigenvalue weighted by molar-refractivity contribution is 0.152. The van der Waals surface area contributed by atoms with Crippen molar-refractivity contribution in [3.05, 3.63) is 12.7 Å². The van der Waals surface area contributed by atoms with Crippen LogP contribution >= 0.6 is 0 Å². The van der Waals surface area contributed by atoms with Gasteiger partial charge in [-0.05, 0) is 24.7 Å². The van der Waals surface area contributed by atoms with Gasteiger partial charge >= 0.3 is 0 Å². The Balaban J connectivity index is 2.17. The van der Waals surface area contributed by atoms with Gasteiger partial charge in [0.2, 0.25) is 0 Å². The third kappa shape index (κ3) is 1.80. The zero-order chi connectivity index (χ0) is 10.2. The SMILES string of the molecule is CC1(C)CCC(N)C(n2cncn2)C1. The monoisotopic (exact) mass is 194 g/mol. The molecule has 1 saturated carbocycles. The van der Waals surface area contributed by atoms with E-state index in [1.54, 1.807) is 12.7 Å². The Kier molecular flexibility index (Phi) is 2.31. The van der Waals surface area contributed by atoms with E-state index in [9.17, 15) is 0 Å². The first-order valence-corrected chi connectivity index (χ1v) is 5.18. The summed E-state index contributed by atoms with van der Waals surface area (Å²) in [6.45, 7) is 4.59. The van der Waals surface area contributed by atoms with E-state index in [0.29, 0.717) is 11.5 Å². The molecule has 1 aliphatic carbocycles. The van der Waals surface area contributed by atoms with E-state index >= 15 is 0 Å². The Morgan fingerprint density at radius 2 is 2.29 bits per heavy atom. The fraction of sp³-hybridized carbons (Fsp3) is 0.800. The van der Waals surface area contributed by atoms with Crippen molar-refractivity contribution in [2.24, 2.45) is 11.1 Å². The van der Waals surface area contributed by atoms with Crippen molar-refractivity contribution in [1.82, 2.24) is 14.8 Å². The summed E-state index contributed by atoms with van der Waals surface area (Å²) in [6.07, 6.45) is 6.73. The van der Waals surface area contributed by atoms with E-state index in [1.807, 2.05) is 4.68 Å². The maximum absolute atomic E-state index is 6.10. The quantitative estimate of drug-likeness (QED) is 0.734. The largest absolute Gasteiger partial charge is 0.326 e. The van der Waals surface area contributed by atoms with Crippen molar-refractivity contribution in [2.45, 2.75) is 45.2 Å². The van der Waals surface area contributed by atoms with E-state index in [2.05, 4.69) is 23.9 Å². The molecule has 4 nitrogen and oxygen atoms in total. The van der Waals surface area contributed by atoms with Crippen LogP contribution in [0.2, 0.25) is 0 Å². The van der Waals surface area contributed by atoms with E-state index in [0.717, 1.165) is 12.8 Å². The lowest BCUT2D eigenvalue weighted by atomic mass is 9.73. The molecule has 0 bridgehead atoms. The van der Waals surface area contributed by atoms with Crippen LogP contribution in [0.1, 0.15) is 39.2 Å². The van der Waals surface area contributed by atoms with Crippen LogP contribution in [0, 0.1) is 5.41 Å². The summed E-state index contributed by atoms with van der Waals surface area (Å²) in [5.74, 6) is 0. The van der Waals surface area contributed by atoms with Crippen molar-refractivity contribution < 1.29 is 0 Å². The lowest BCUT2D eigenvalue weighted by Crippen LogP contribution is -2.40. The van der Waals surface area contributed by atoms with E-state index in [4.69, 9.17) is 5.73 Å². The molecule has 2 N–H and O–H groups in total. The second-order valence-electron chi connectivity index (χ2n) is 5.01. The zero-order valence-electron chi connectivity index (χ0n) is 8.85. The van der Waals surface area contributed by atoms with Crippen LogP contribution in [0.5, 0.6) is 0 Å². The molecule has 0 aliphatic heterocycles. The van der Waals surface area contributed by atoms with Crippen LogP contribution in [0.15, 0.2) is 12.7 Å². The molecular formula is C10H18N4. The molecule has 0 aromatic carbocycles. The molecule has 78 valence electrons. The molecule has 1 aromatic rings. The van der Waals surface area contributed by atoms with Crippen molar-refractivity contribution in [3.63, 3.8) is 0 Å². The minimum absolute atomic E-state index is 0.227. The summed E-state index contributed by atoms with van der Waals surface area (Å²) in [5.41, 5.74) is 6.48. The Labute approximate surface area is 84.5 Å². The average Bonchev–Trinajstić information content (AvgIpc) is 2.62. The number of aromatic nitrogens is 3. The van der Waals surface area contributed by atoms with Crippen LogP contribution in [0.25, 0.3) is 0 Å². The number of nitrogens with zero attached hydrogens (tertiary/aromatic N) is 3. The molecule has 1 heterocycles. The van der Waals surface area contributed by atoms with E-state index in [-0.39, 0.29) is 6.04 Å². The van der Waals surface area contributed by atoms with E-state index in [1.165, 1.54) is 6.42 Å². The summed E-state index contributed by atoms with van der Waals surface area (Å²) in [6, 6.07) is 0.547. The van der Waals surface area contributed by atoms with Crippen LogP contribution in [0.4, 0.5) is 0 Å². The normalized spacial score (nSPS) is 31.6. The topological polar surface area (TPSA) is 56.7 Å². The lowest BCUT2D eigenvalue weighted by Gasteiger charge is -2.38. The summed E-state index contributed by atoms with van der Waals surface area (Å²) in [4.78, 5) is 3.98. The molecule has 2 rings (SSSR count). The molecule has 1 aromatic heterocycles. The van der Waals surface area contributed by atoms with Gasteiger partial charge in [-0.1, -0.05) is 13.8 Å². The zero-order valence-corrected chi connectivity index (χ0v) is 8.85. The second-order valence-corrected chi connectivity index (χ2v) is 5.01. The third-order valence-electron chi connectivity index (χ3n) is 3.19. The van der Waals surface area contributed by atoms with Crippen molar-refractivity contribution >= 4 is 0 Å². The molecule has 2 atom stereocenters. The minimum atomic E-state index is 0.227. The van der Waals surface area contributed by atoms with Gasteiger partial charge in [-0.25, -0.2) is 9.67 Å².